The zero-order valence-corrected chi connectivity index (χ0v) is 10.5. The van der Waals surface area contributed by atoms with Crippen molar-refractivity contribution in [2.75, 3.05) is 19.0 Å². The van der Waals surface area contributed by atoms with E-state index in [0.29, 0.717) is 0 Å². The zero-order chi connectivity index (χ0) is 13.0. The second-order valence-electron chi connectivity index (χ2n) is 4.07. The predicted molar refractivity (Wildman–Crippen MR) is 71.5 cm³/mol. The van der Waals surface area contributed by atoms with Crippen molar-refractivity contribution >= 4 is 11.4 Å². The molecular weight excluding hydrogens is 229 g/mol. The highest BCUT2D eigenvalue weighted by atomic mass is 19.1. The summed E-state index contributed by atoms with van der Waals surface area (Å²) in [6.07, 6.45) is 3.55. The van der Waals surface area contributed by atoms with Crippen LogP contribution in [0.2, 0.25) is 0 Å². The molecule has 0 amide bonds. The molecule has 1 heterocycles. The van der Waals surface area contributed by atoms with Gasteiger partial charge in [-0.05, 0) is 36.9 Å². The van der Waals surface area contributed by atoms with Gasteiger partial charge in [-0.2, -0.15) is 0 Å². The fourth-order valence-corrected chi connectivity index (χ4v) is 1.88. The minimum absolute atomic E-state index is 0.238. The maximum Gasteiger partial charge on any atom is 0.125 e. The zero-order valence-electron chi connectivity index (χ0n) is 10.5. The van der Waals surface area contributed by atoms with Gasteiger partial charge in [0.2, 0.25) is 0 Å². The van der Waals surface area contributed by atoms with Crippen LogP contribution in [0.25, 0.3) is 0 Å². The molecule has 0 saturated carbocycles. The maximum absolute atomic E-state index is 13.2. The number of hydrogen-bond acceptors (Lipinski definition) is 3. The summed E-state index contributed by atoms with van der Waals surface area (Å²) in [6, 6.07) is 8.49. The molecule has 0 aliphatic carbocycles. The van der Waals surface area contributed by atoms with Crippen LogP contribution in [0.3, 0.4) is 0 Å². The molecule has 0 atom stereocenters. The molecule has 3 nitrogen and oxygen atoms in total. The Kier molecular flexibility index (Phi) is 3.89. The van der Waals surface area contributed by atoms with Gasteiger partial charge in [-0.25, -0.2) is 4.39 Å². The van der Waals surface area contributed by atoms with E-state index in [0.717, 1.165) is 23.5 Å². The number of hydrogen-bond donors (Lipinski definition) is 1. The number of aromatic nitrogens is 1. The molecule has 0 radical (unpaired) electrons. The lowest BCUT2D eigenvalue weighted by Gasteiger charge is -2.22. The molecule has 2 aromatic rings. The number of benzene rings is 1. The van der Waals surface area contributed by atoms with Crippen molar-refractivity contribution in [1.82, 2.24) is 10.3 Å². The van der Waals surface area contributed by atoms with Crippen molar-refractivity contribution in [2.45, 2.75) is 6.54 Å². The lowest BCUT2D eigenvalue weighted by molar-refractivity contribution is 0.628. The number of nitrogens with zero attached hydrogens (tertiary/aromatic N) is 2. The Bertz CT molecular complexity index is 528. The van der Waals surface area contributed by atoms with Gasteiger partial charge in [-0.15, -0.1) is 0 Å². The molecule has 0 aliphatic heterocycles. The molecule has 0 saturated heterocycles. The first-order valence-corrected chi connectivity index (χ1v) is 5.79. The molecule has 2 rings (SSSR count). The van der Waals surface area contributed by atoms with E-state index in [-0.39, 0.29) is 5.82 Å². The fraction of sp³-hybridized carbons (Fsp3) is 0.214. The van der Waals surface area contributed by atoms with Gasteiger partial charge in [0.05, 0.1) is 11.9 Å². The molecule has 0 aliphatic rings. The van der Waals surface area contributed by atoms with Crippen molar-refractivity contribution in [1.29, 1.82) is 0 Å². The summed E-state index contributed by atoms with van der Waals surface area (Å²) in [7, 11) is 3.80. The topological polar surface area (TPSA) is 28.2 Å². The summed E-state index contributed by atoms with van der Waals surface area (Å²) < 4.78 is 13.2. The Morgan fingerprint density at radius 3 is 2.89 bits per heavy atom. The minimum atomic E-state index is -0.238. The van der Waals surface area contributed by atoms with Crippen LogP contribution in [0.1, 0.15) is 5.56 Å². The Balaban J connectivity index is 2.36. The van der Waals surface area contributed by atoms with E-state index in [1.807, 2.05) is 31.1 Å². The summed E-state index contributed by atoms with van der Waals surface area (Å²) in [4.78, 5) is 6.07. The summed E-state index contributed by atoms with van der Waals surface area (Å²) in [5.74, 6) is -0.238. The molecule has 0 spiro atoms. The van der Waals surface area contributed by atoms with Crippen molar-refractivity contribution in [3.8, 4) is 0 Å². The van der Waals surface area contributed by atoms with Crippen LogP contribution in [0, 0.1) is 5.82 Å². The van der Waals surface area contributed by atoms with Crippen LogP contribution >= 0.6 is 0 Å². The van der Waals surface area contributed by atoms with Crippen molar-refractivity contribution < 1.29 is 4.39 Å². The Morgan fingerprint density at radius 2 is 2.17 bits per heavy atom. The second kappa shape index (κ2) is 5.60. The first-order chi connectivity index (χ1) is 8.72. The summed E-state index contributed by atoms with van der Waals surface area (Å²) in [5, 5.41) is 3.11. The quantitative estimate of drug-likeness (QED) is 0.897. The summed E-state index contributed by atoms with van der Waals surface area (Å²) in [6.45, 7) is 0.748. The van der Waals surface area contributed by atoms with E-state index < -0.39 is 0 Å². The number of halogens is 1. The van der Waals surface area contributed by atoms with Gasteiger partial charge in [0.15, 0.2) is 0 Å². The maximum atomic E-state index is 13.2. The normalized spacial score (nSPS) is 10.4. The highest BCUT2D eigenvalue weighted by Gasteiger charge is 2.09. The van der Waals surface area contributed by atoms with E-state index in [9.17, 15) is 4.39 Å². The molecule has 1 aromatic carbocycles. The largest absolute Gasteiger partial charge is 0.343 e. The van der Waals surface area contributed by atoms with Crippen LogP contribution < -0.4 is 10.2 Å². The van der Waals surface area contributed by atoms with Gasteiger partial charge < -0.3 is 10.2 Å². The van der Waals surface area contributed by atoms with Gasteiger partial charge >= 0.3 is 0 Å². The van der Waals surface area contributed by atoms with Crippen LogP contribution in [-0.4, -0.2) is 19.1 Å². The van der Waals surface area contributed by atoms with Crippen LogP contribution in [0.4, 0.5) is 15.8 Å². The van der Waals surface area contributed by atoms with Crippen LogP contribution in [0.5, 0.6) is 0 Å². The average Bonchev–Trinajstić information content (AvgIpc) is 2.39. The molecule has 94 valence electrons. The minimum Gasteiger partial charge on any atom is -0.343 e. The molecule has 0 fully saturated rings. The van der Waals surface area contributed by atoms with Crippen molar-refractivity contribution in [3.63, 3.8) is 0 Å². The first kappa shape index (κ1) is 12.5. The van der Waals surface area contributed by atoms with Crippen LogP contribution in [0.15, 0.2) is 42.7 Å². The fourth-order valence-electron chi connectivity index (χ4n) is 1.88. The van der Waals surface area contributed by atoms with Gasteiger partial charge in [-0.1, -0.05) is 6.07 Å². The van der Waals surface area contributed by atoms with Crippen molar-refractivity contribution in [3.05, 3.63) is 54.1 Å². The smallest absolute Gasteiger partial charge is 0.125 e. The van der Waals surface area contributed by atoms with E-state index in [1.54, 1.807) is 18.5 Å². The number of rotatable bonds is 4. The van der Waals surface area contributed by atoms with Gasteiger partial charge in [0.25, 0.3) is 0 Å². The third-order valence-corrected chi connectivity index (χ3v) is 2.81. The Hall–Kier alpha value is -1.94. The standard InChI is InChI=1S/C14H16FN3/c1-16-9-11-6-7-17-10-14(11)18(2)13-5-3-4-12(15)8-13/h3-8,10,16H,9H2,1-2H3. The Morgan fingerprint density at radius 1 is 1.33 bits per heavy atom. The predicted octanol–water partition coefficient (Wildman–Crippen LogP) is 2.71. The van der Waals surface area contributed by atoms with E-state index in [1.165, 1.54) is 12.1 Å². The SMILES string of the molecule is CNCc1ccncc1N(C)c1cccc(F)c1. The highest BCUT2D eigenvalue weighted by Crippen LogP contribution is 2.26. The number of pyridine rings is 1. The van der Waals surface area contributed by atoms with Crippen LogP contribution in [-0.2, 0) is 6.54 Å². The van der Waals surface area contributed by atoms with Gasteiger partial charge in [0, 0.05) is 25.5 Å². The molecule has 18 heavy (non-hydrogen) atoms. The third-order valence-electron chi connectivity index (χ3n) is 2.81. The number of nitrogens with one attached hydrogen (secondary N) is 1. The molecular formula is C14H16FN3. The third kappa shape index (κ3) is 2.65. The van der Waals surface area contributed by atoms with E-state index >= 15 is 0 Å². The molecule has 0 bridgehead atoms. The molecule has 1 N–H and O–H groups in total. The second-order valence-corrected chi connectivity index (χ2v) is 4.07. The van der Waals surface area contributed by atoms with Gasteiger partial charge in [-0.3, -0.25) is 4.98 Å². The molecule has 1 aromatic heterocycles. The average molecular weight is 245 g/mol. The number of anilines is 2. The lowest BCUT2D eigenvalue weighted by atomic mass is 10.2. The molecule has 0 unspecified atom stereocenters. The monoisotopic (exact) mass is 245 g/mol. The first-order valence-electron chi connectivity index (χ1n) is 5.79. The van der Waals surface area contributed by atoms with Crippen molar-refractivity contribution in [2.24, 2.45) is 0 Å². The highest BCUT2D eigenvalue weighted by molar-refractivity contribution is 5.64. The van der Waals surface area contributed by atoms with E-state index in [4.69, 9.17) is 0 Å². The lowest BCUT2D eigenvalue weighted by Crippen LogP contribution is -2.15. The summed E-state index contributed by atoms with van der Waals surface area (Å²) >= 11 is 0. The van der Waals surface area contributed by atoms with Gasteiger partial charge in [0.1, 0.15) is 5.82 Å². The van der Waals surface area contributed by atoms with E-state index in [2.05, 4.69) is 10.3 Å². The Labute approximate surface area is 106 Å². The summed E-state index contributed by atoms with van der Waals surface area (Å²) in [5.41, 5.74) is 2.90. The molecule has 4 heteroatoms.